The number of carbonyl (C=O) groups is 2. The number of carbonyl (C=O) groups excluding carboxylic acids is 1. The van der Waals surface area contributed by atoms with E-state index >= 15 is 0 Å². The van der Waals surface area contributed by atoms with E-state index in [1.807, 2.05) is 0 Å². The lowest BCUT2D eigenvalue weighted by Crippen LogP contribution is -2.33. The second-order valence-corrected chi connectivity index (χ2v) is 4.73. The topological polar surface area (TPSA) is 84.9 Å². The molecule has 0 saturated carbocycles. The van der Waals surface area contributed by atoms with E-state index in [9.17, 15) is 14.7 Å². The highest BCUT2D eigenvalue weighted by atomic mass is 16.5. The highest BCUT2D eigenvalue weighted by Gasteiger charge is 2.24. The zero-order chi connectivity index (χ0) is 16.8. The van der Waals surface area contributed by atoms with Gasteiger partial charge in [-0.1, -0.05) is 24.3 Å². The standard InChI is InChI=1S/C17H17NO5/c1-22-13-9-8-12(10-14(13)23-2)15(17(20)21)18-16(19)11-6-4-3-5-7-11/h3-10,15H,1-2H3,(H,18,19)(H,20,21). The van der Waals surface area contributed by atoms with Crippen LogP contribution in [0.2, 0.25) is 0 Å². The first-order chi connectivity index (χ1) is 11.1. The van der Waals surface area contributed by atoms with Crippen LogP contribution in [-0.2, 0) is 4.79 Å². The maximum atomic E-state index is 12.2. The molecule has 6 nitrogen and oxygen atoms in total. The van der Waals surface area contributed by atoms with Crippen LogP contribution in [-0.4, -0.2) is 31.2 Å². The molecule has 120 valence electrons. The fourth-order valence-corrected chi connectivity index (χ4v) is 2.12. The van der Waals surface area contributed by atoms with Gasteiger partial charge in [-0.05, 0) is 29.8 Å². The summed E-state index contributed by atoms with van der Waals surface area (Å²) in [6.45, 7) is 0. The number of hydrogen-bond donors (Lipinski definition) is 2. The second kappa shape index (κ2) is 7.31. The Hall–Kier alpha value is -3.02. The predicted octanol–water partition coefficient (Wildman–Crippen LogP) is 2.26. The highest BCUT2D eigenvalue weighted by molar-refractivity contribution is 5.96. The molecule has 0 fully saturated rings. The first-order valence-corrected chi connectivity index (χ1v) is 6.87. The first-order valence-electron chi connectivity index (χ1n) is 6.87. The second-order valence-electron chi connectivity index (χ2n) is 4.73. The summed E-state index contributed by atoms with van der Waals surface area (Å²) in [7, 11) is 2.95. The Labute approximate surface area is 133 Å². The van der Waals surface area contributed by atoms with Gasteiger partial charge >= 0.3 is 5.97 Å². The largest absolute Gasteiger partial charge is 0.493 e. The van der Waals surface area contributed by atoms with Crippen molar-refractivity contribution < 1.29 is 24.2 Å². The van der Waals surface area contributed by atoms with E-state index in [1.165, 1.54) is 20.3 Å². The van der Waals surface area contributed by atoms with Crippen LogP contribution in [0.25, 0.3) is 0 Å². The van der Waals surface area contributed by atoms with Gasteiger partial charge in [0, 0.05) is 5.56 Å². The molecule has 2 N–H and O–H groups in total. The van der Waals surface area contributed by atoms with Gasteiger partial charge in [0.1, 0.15) is 0 Å². The molecule has 0 aliphatic carbocycles. The van der Waals surface area contributed by atoms with Crippen LogP contribution in [0, 0.1) is 0 Å². The normalized spacial score (nSPS) is 11.4. The lowest BCUT2D eigenvalue weighted by atomic mass is 10.1. The van der Waals surface area contributed by atoms with Crippen LogP contribution in [0.4, 0.5) is 0 Å². The van der Waals surface area contributed by atoms with E-state index in [-0.39, 0.29) is 0 Å². The number of ether oxygens (including phenoxy) is 2. The molecule has 23 heavy (non-hydrogen) atoms. The van der Waals surface area contributed by atoms with Gasteiger partial charge < -0.3 is 19.9 Å². The van der Waals surface area contributed by atoms with E-state index in [2.05, 4.69) is 5.32 Å². The van der Waals surface area contributed by atoms with Gasteiger partial charge in [-0.3, -0.25) is 4.79 Å². The van der Waals surface area contributed by atoms with Crippen molar-refractivity contribution in [2.75, 3.05) is 14.2 Å². The summed E-state index contributed by atoms with van der Waals surface area (Å²) in [5.74, 6) is -0.755. The van der Waals surface area contributed by atoms with E-state index in [0.717, 1.165) is 0 Å². The molecule has 6 heteroatoms. The minimum absolute atomic E-state index is 0.388. The minimum atomic E-state index is -1.19. The molecule has 1 unspecified atom stereocenters. The summed E-state index contributed by atoms with van der Waals surface area (Å²) < 4.78 is 10.3. The van der Waals surface area contributed by atoms with E-state index < -0.39 is 17.9 Å². The number of benzene rings is 2. The monoisotopic (exact) mass is 315 g/mol. The molecule has 2 rings (SSSR count). The van der Waals surface area contributed by atoms with Crippen molar-refractivity contribution in [2.45, 2.75) is 6.04 Å². The lowest BCUT2D eigenvalue weighted by Gasteiger charge is -2.17. The Morgan fingerprint density at radius 3 is 2.22 bits per heavy atom. The van der Waals surface area contributed by atoms with E-state index in [4.69, 9.17) is 9.47 Å². The fraction of sp³-hybridized carbons (Fsp3) is 0.176. The number of hydrogen-bond acceptors (Lipinski definition) is 4. The summed E-state index contributed by atoms with van der Waals surface area (Å²) in [4.78, 5) is 23.7. The van der Waals surface area contributed by atoms with Crippen molar-refractivity contribution in [3.05, 3.63) is 59.7 Å². The number of carboxylic acid groups (broad SMARTS) is 1. The van der Waals surface area contributed by atoms with Crippen LogP contribution in [0.5, 0.6) is 11.5 Å². The number of amides is 1. The molecule has 0 spiro atoms. The molecular formula is C17H17NO5. The van der Waals surface area contributed by atoms with Crippen molar-refractivity contribution in [1.82, 2.24) is 5.32 Å². The number of aliphatic carboxylic acids is 1. The fourth-order valence-electron chi connectivity index (χ4n) is 2.12. The smallest absolute Gasteiger partial charge is 0.330 e. The lowest BCUT2D eigenvalue weighted by molar-refractivity contribution is -0.139. The third-order valence-corrected chi connectivity index (χ3v) is 3.30. The third kappa shape index (κ3) is 3.79. The van der Waals surface area contributed by atoms with Gasteiger partial charge in [0.25, 0.3) is 5.91 Å². The summed E-state index contributed by atoms with van der Waals surface area (Å²) in [6.07, 6.45) is 0. The number of rotatable bonds is 6. The number of methoxy groups -OCH3 is 2. The maximum absolute atomic E-state index is 12.2. The number of carboxylic acids is 1. The Kier molecular flexibility index (Phi) is 5.19. The van der Waals surface area contributed by atoms with Crippen LogP contribution >= 0.6 is 0 Å². The molecule has 2 aromatic carbocycles. The van der Waals surface area contributed by atoms with Gasteiger partial charge in [-0.15, -0.1) is 0 Å². The molecule has 0 heterocycles. The van der Waals surface area contributed by atoms with E-state index in [1.54, 1.807) is 42.5 Å². The van der Waals surface area contributed by atoms with Crippen LogP contribution in [0.15, 0.2) is 48.5 Å². The first kappa shape index (κ1) is 16.4. The average molecular weight is 315 g/mol. The average Bonchev–Trinajstić information content (AvgIpc) is 2.59. The van der Waals surface area contributed by atoms with Crippen molar-refractivity contribution in [1.29, 1.82) is 0 Å². The molecular weight excluding hydrogens is 298 g/mol. The Balaban J connectivity index is 2.29. The zero-order valence-corrected chi connectivity index (χ0v) is 12.8. The van der Waals surface area contributed by atoms with Crippen molar-refractivity contribution in [3.8, 4) is 11.5 Å². The Morgan fingerprint density at radius 1 is 1.00 bits per heavy atom. The molecule has 0 aliphatic heterocycles. The highest BCUT2D eigenvalue weighted by Crippen LogP contribution is 2.30. The summed E-state index contributed by atoms with van der Waals surface area (Å²) in [5.41, 5.74) is 0.777. The minimum Gasteiger partial charge on any atom is -0.493 e. The summed E-state index contributed by atoms with van der Waals surface area (Å²) in [6, 6.07) is 11.9. The van der Waals surface area contributed by atoms with Gasteiger partial charge in [0.05, 0.1) is 14.2 Å². The SMILES string of the molecule is COc1ccc(C(NC(=O)c2ccccc2)C(=O)O)cc1OC. The Morgan fingerprint density at radius 2 is 1.65 bits per heavy atom. The zero-order valence-electron chi connectivity index (χ0n) is 12.8. The van der Waals surface area contributed by atoms with Gasteiger partial charge in [-0.2, -0.15) is 0 Å². The molecule has 1 atom stereocenters. The van der Waals surface area contributed by atoms with E-state index in [0.29, 0.717) is 22.6 Å². The van der Waals surface area contributed by atoms with Crippen molar-refractivity contribution in [3.63, 3.8) is 0 Å². The third-order valence-electron chi connectivity index (χ3n) is 3.30. The quantitative estimate of drug-likeness (QED) is 0.854. The molecule has 0 aromatic heterocycles. The number of nitrogens with one attached hydrogen (secondary N) is 1. The predicted molar refractivity (Wildman–Crippen MR) is 83.8 cm³/mol. The van der Waals surface area contributed by atoms with Crippen molar-refractivity contribution >= 4 is 11.9 Å². The van der Waals surface area contributed by atoms with Gasteiger partial charge in [-0.25, -0.2) is 4.79 Å². The molecule has 0 bridgehead atoms. The summed E-state index contributed by atoms with van der Waals surface area (Å²) in [5, 5.41) is 11.9. The van der Waals surface area contributed by atoms with Gasteiger partial charge in [0.15, 0.2) is 17.5 Å². The molecule has 0 saturated heterocycles. The van der Waals surface area contributed by atoms with Gasteiger partial charge in [0.2, 0.25) is 0 Å². The molecule has 1 amide bonds. The molecule has 0 aliphatic rings. The van der Waals surface area contributed by atoms with Crippen LogP contribution in [0.3, 0.4) is 0 Å². The van der Waals surface area contributed by atoms with Crippen LogP contribution < -0.4 is 14.8 Å². The molecule has 0 radical (unpaired) electrons. The maximum Gasteiger partial charge on any atom is 0.330 e. The summed E-state index contributed by atoms with van der Waals surface area (Å²) >= 11 is 0. The molecule has 2 aromatic rings. The van der Waals surface area contributed by atoms with Crippen molar-refractivity contribution in [2.24, 2.45) is 0 Å². The Bertz CT molecular complexity index is 699. The van der Waals surface area contributed by atoms with Crippen LogP contribution in [0.1, 0.15) is 22.0 Å².